The average molecular weight is 356 g/mol. The van der Waals surface area contributed by atoms with E-state index in [-0.39, 0.29) is 5.91 Å². The highest BCUT2D eigenvalue weighted by Gasteiger charge is 2.31. The number of hydrogen-bond donors (Lipinski definition) is 1. The van der Waals surface area contributed by atoms with Crippen molar-refractivity contribution in [2.24, 2.45) is 0 Å². The van der Waals surface area contributed by atoms with E-state index < -0.39 is 0 Å². The summed E-state index contributed by atoms with van der Waals surface area (Å²) >= 11 is 0. The lowest BCUT2D eigenvalue weighted by Gasteiger charge is -2.32. The van der Waals surface area contributed by atoms with Crippen LogP contribution in [0.5, 0.6) is 0 Å². The van der Waals surface area contributed by atoms with Crippen molar-refractivity contribution in [3.63, 3.8) is 0 Å². The molecule has 0 saturated carbocycles. The molecule has 1 saturated heterocycles. The van der Waals surface area contributed by atoms with Gasteiger partial charge in [0.15, 0.2) is 5.69 Å². The number of fused-ring (bicyclic) bond motifs is 1. The number of aromatic nitrogens is 4. The molecule has 7 heteroatoms. The number of carbonyl (C=O) groups excluding carboxylic acids is 1. The highest BCUT2D eigenvalue weighted by Crippen LogP contribution is 2.29. The van der Waals surface area contributed by atoms with Crippen LogP contribution in [0.1, 0.15) is 52.8 Å². The lowest BCUT2D eigenvalue weighted by Crippen LogP contribution is -2.40. The number of likely N-dealkylation sites (tertiary alicyclic amines) is 1. The minimum absolute atomic E-state index is 0.0838. The third-order valence-electron chi connectivity index (χ3n) is 5.62. The number of carbonyl (C=O) groups is 1. The molecule has 0 radical (unpaired) electrons. The van der Waals surface area contributed by atoms with Gasteiger partial charge in [0.05, 0.1) is 0 Å². The average Bonchev–Trinajstić information content (AvgIpc) is 3.35. The minimum Gasteiger partial charge on any atom is -0.337 e. The van der Waals surface area contributed by atoms with Crippen LogP contribution in [0.4, 0.5) is 0 Å². The Morgan fingerprint density at radius 1 is 1.35 bits per heavy atom. The molecule has 0 spiro atoms. The van der Waals surface area contributed by atoms with Gasteiger partial charge < -0.3 is 14.4 Å². The minimum atomic E-state index is 0.0838. The second kappa shape index (κ2) is 7.23. The molecule has 0 aromatic carbocycles. The van der Waals surface area contributed by atoms with Gasteiger partial charge in [0.2, 0.25) is 0 Å². The summed E-state index contributed by atoms with van der Waals surface area (Å²) in [7, 11) is 4.17. The molecule has 1 atom stereocenters. The Morgan fingerprint density at radius 2 is 2.23 bits per heavy atom. The van der Waals surface area contributed by atoms with Gasteiger partial charge in [0.25, 0.3) is 5.91 Å². The fourth-order valence-corrected chi connectivity index (χ4v) is 4.20. The van der Waals surface area contributed by atoms with Gasteiger partial charge in [-0.25, -0.2) is 4.98 Å². The number of H-pyrrole nitrogens is 1. The molecule has 1 amide bonds. The standard InChI is InChI=1S/C19H28N6O/c1-23(2)11-12-24-10-8-20-18(24)14-5-4-9-25(13-14)19(26)17-15-6-3-7-16(15)21-22-17/h8,10,14H,3-7,9,11-13H2,1-2H3,(H,21,22). The Bertz CT molecular complexity index is 777. The summed E-state index contributed by atoms with van der Waals surface area (Å²) in [5, 5.41) is 7.39. The number of imidazole rings is 1. The molecule has 2 aromatic heterocycles. The summed E-state index contributed by atoms with van der Waals surface area (Å²) in [6.07, 6.45) is 9.15. The maximum absolute atomic E-state index is 13.0. The Labute approximate surface area is 154 Å². The van der Waals surface area contributed by atoms with Crippen molar-refractivity contribution in [1.82, 2.24) is 29.5 Å². The molecular formula is C19H28N6O. The van der Waals surface area contributed by atoms with Crippen molar-refractivity contribution >= 4 is 5.91 Å². The molecule has 1 fully saturated rings. The molecular weight excluding hydrogens is 328 g/mol. The van der Waals surface area contributed by atoms with Crippen molar-refractivity contribution in [3.05, 3.63) is 35.2 Å². The van der Waals surface area contributed by atoms with Gasteiger partial charge in [-0.2, -0.15) is 5.10 Å². The molecule has 4 rings (SSSR count). The third kappa shape index (κ3) is 3.28. The highest BCUT2D eigenvalue weighted by molar-refractivity contribution is 5.94. The van der Waals surface area contributed by atoms with Gasteiger partial charge in [-0.1, -0.05) is 0 Å². The second-order valence-electron chi connectivity index (χ2n) is 7.76. The van der Waals surface area contributed by atoms with Gasteiger partial charge in [-0.15, -0.1) is 0 Å². The number of rotatable bonds is 5. The first-order valence-electron chi connectivity index (χ1n) is 9.64. The molecule has 7 nitrogen and oxygen atoms in total. The van der Waals surface area contributed by atoms with Crippen LogP contribution in [0.15, 0.2) is 12.4 Å². The fourth-order valence-electron chi connectivity index (χ4n) is 4.20. The van der Waals surface area contributed by atoms with E-state index in [9.17, 15) is 4.79 Å². The Balaban J connectivity index is 1.48. The predicted octanol–water partition coefficient (Wildman–Crippen LogP) is 1.68. The van der Waals surface area contributed by atoms with E-state index in [0.717, 1.165) is 75.4 Å². The van der Waals surface area contributed by atoms with Crippen LogP contribution in [-0.2, 0) is 19.4 Å². The molecule has 2 aliphatic rings. The van der Waals surface area contributed by atoms with E-state index in [2.05, 4.69) is 44.9 Å². The topological polar surface area (TPSA) is 70.1 Å². The lowest BCUT2D eigenvalue weighted by molar-refractivity contribution is 0.0696. The van der Waals surface area contributed by atoms with Gasteiger partial charge >= 0.3 is 0 Å². The van der Waals surface area contributed by atoms with Gasteiger partial charge in [0.1, 0.15) is 5.82 Å². The molecule has 26 heavy (non-hydrogen) atoms. The first kappa shape index (κ1) is 17.3. The quantitative estimate of drug-likeness (QED) is 0.885. The molecule has 0 bridgehead atoms. The van der Waals surface area contributed by atoms with Crippen LogP contribution in [0.3, 0.4) is 0 Å². The molecule has 1 N–H and O–H groups in total. The fraction of sp³-hybridized carbons (Fsp3) is 0.632. The number of nitrogens with one attached hydrogen (secondary N) is 1. The number of likely N-dealkylation sites (N-methyl/N-ethyl adjacent to an activating group) is 1. The van der Waals surface area contributed by atoms with Gasteiger partial charge in [-0.3, -0.25) is 9.89 Å². The Hall–Kier alpha value is -2.15. The van der Waals surface area contributed by atoms with Crippen molar-refractivity contribution < 1.29 is 4.79 Å². The highest BCUT2D eigenvalue weighted by atomic mass is 16.2. The number of hydrogen-bond acceptors (Lipinski definition) is 4. The zero-order chi connectivity index (χ0) is 18.1. The zero-order valence-electron chi connectivity index (χ0n) is 15.7. The first-order chi connectivity index (χ1) is 12.6. The van der Waals surface area contributed by atoms with Crippen LogP contribution in [0, 0.1) is 0 Å². The molecule has 140 valence electrons. The Morgan fingerprint density at radius 3 is 3.08 bits per heavy atom. The van der Waals surface area contributed by atoms with Crippen molar-refractivity contribution in [1.29, 1.82) is 0 Å². The molecule has 3 heterocycles. The normalized spacial score (nSPS) is 20.0. The smallest absolute Gasteiger partial charge is 0.274 e. The number of nitrogens with zero attached hydrogens (tertiary/aromatic N) is 5. The molecule has 2 aromatic rings. The van der Waals surface area contributed by atoms with Crippen molar-refractivity contribution in [2.45, 2.75) is 44.6 Å². The van der Waals surface area contributed by atoms with Crippen LogP contribution in [-0.4, -0.2) is 69.2 Å². The van der Waals surface area contributed by atoms with E-state index in [1.54, 1.807) is 0 Å². The van der Waals surface area contributed by atoms with E-state index in [0.29, 0.717) is 11.6 Å². The molecule has 1 unspecified atom stereocenters. The second-order valence-corrected chi connectivity index (χ2v) is 7.76. The van der Waals surface area contributed by atoms with E-state index in [1.807, 2.05) is 11.1 Å². The van der Waals surface area contributed by atoms with Crippen LogP contribution in [0.25, 0.3) is 0 Å². The molecule has 1 aliphatic heterocycles. The largest absolute Gasteiger partial charge is 0.337 e. The van der Waals surface area contributed by atoms with Crippen LogP contribution >= 0.6 is 0 Å². The van der Waals surface area contributed by atoms with Crippen molar-refractivity contribution in [3.8, 4) is 0 Å². The summed E-state index contributed by atoms with van der Waals surface area (Å²) in [5.41, 5.74) is 2.94. The number of piperidine rings is 1. The van der Waals surface area contributed by atoms with E-state index in [1.165, 1.54) is 0 Å². The summed E-state index contributed by atoms with van der Waals surface area (Å²) in [6.45, 7) is 3.46. The van der Waals surface area contributed by atoms with Crippen molar-refractivity contribution in [2.75, 3.05) is 33.7 Å². The number of aromatic amines is 1. The SMILES string of the molecule is CN(C)CCn1ccnc1C1CCCN(C(=O)c2n[nH]c3c2CCC3)C1. The predicted molar refractivity (Wildman–Crippen MR) is 99.3 cm³/mol. The monoisotopic (exact) mass is 356 g/mol. The number of aryl methyl sites for hydroxylation is 1. The summed E-state index contributed by atoms with van der Waals surface area (Å²) in [4.78, 5) is 21.8. The third-order valence-corrected chi connectivity index (χ3v) is 5.62. The molecule has 1 aliphatic carbocycles. The lowest BCUT2D eigenvalue weighted by atomic mass is 9.96. The van der Waals surface area contributed by atoms with Crippen LogP contribution < -0.4 is 0 Å². The maximum atomic E-state index is 13.0. The number of amides is 1. The van der Waals surface area contributed by atoms with E-state index >= 15 is 0 Å². The zero-order valence-corrected chi connectivity index (χ0v) is 15.7. The Kier molecular flexibility index (Phi) is 4.80. The maximum Gasteiger partial charge on any atom is 0.274 e. The first-order valence-corrected chi connectivity index (χ1v) is 9.64. The van der Waals surface area contributed by atoms with Crippen LogP contribution in [0.2, 0.25) is 0 Å². The summed E-state index contributed by atoms with van der Waals surface area (Å²) in [5.74, 6) is 1.49. The summed E-state index contributed by atoms with van der Waals surface area (Å²) < 4.78 is 2.24. The van der Waals surface area contributed by atoms with Gasteiger partial charge in [0, 0.05) is 55.7 Å². The van der Waals surface area contributed by atoms with Gasteiger partial charge in [-0.05, 0) is 46.2 Å². The van der Waals surface area contributed by atoms with E-state index in [4.69, 9.17) is 0 Å². The summed E-state index contributed by atoms with van der Waals surface area (Å²) in [6, 6.07) is 0.